The second-order valence-electron chi connectivity index (χ2n) is 5.42. The van der Waals surface area contributed by atoms with Crippen LogP contribution in [0.1, 0.15) is 12.8 Å². The van der Waals surface area contributed by atoms with Crippen molar-refractivity contribution in [2.75, 3.05) is 20.2 Å². The summed E-state index contributed by atoms with van der Waals surface area (Å²) in [5.74, 6) is 1.27. The third-order valence-electron chi connectivity index (χ3n) is 3.76. The molecule has 1 saturated heterocycles. The van der Waals surface area contributed by atoms with Crippen LogP contribution in [0.2, 0.25) is 0 Å². The highest BCUT2D eigenvalue weighted by Crippen LogP contribution is 2.21. The Labute approximate surface area is 133 Å². The molecule has 1 aromatic carbocycles. The summed E-state index contributed by atoms with van der Waals surface area (Å²) in [6.07, 6.45) is 1.58. The van der Waals surface area contributed by atoms with Crippen LogP contribution in [0.15, 0.2) is 28.7 Å². The number of aliphatic hydroxyl groups excluding tert-OH is 1. The smallest absolute Gasteiger partial charge is 0.288 e. The standard InChI is InChI=1S/C15H19N3O3S/c1-20-13-6-4-11(5-7-13)14-16-18(15(22)21-14)10-17-8-2-3-12(19)9-17/h4-7,12,19H,2-3,8-10H2,1H3/t12-/m1/s1. The summed E-state index contributed by atoms with van der Waals surface area (Å²) in [7, 11) is 1.63. The van der Waals surface area contributed by atoms with Crippen molar-refractivity contribution in [2.24, 2.45) is 0 Å². The average molecular weight is 321 g/mol. The van der Waals surface area contributed by atoms with Gasteiger partial charge in [-0.2, -0.15) is 0 Å². The third-order valence-corrected chi connectivity index (χ3v) is 4.05. The van der Waals surface area contributed by atoms with Crippen LogP contribution in [0, 0.1) is 4.84 Å². The first-order valence-corrected chi connectivity index (χ1v) is 7.69. The van der Waals surface area contributed by atoms with Crippen LogP contribution in [-0.2, 0) is 6.67 Å². The monoisotopic (exact) mass is 321 g/mol. The largest absolute Gasteiger partial charge is 0.497 e. The number of methoxy groups -OCH3 is 1. The fourth-order valence-electron chi connectivity index (χ4n) is 2.59. The second-order valence-corrected chi connectivity index (χ2v) is 5.76. The average Bonchev–Trinajstić information content (AvgIpc) is 2.88. The molecule has 1 atom stereocenters. The van der Waals surface area contributed by atoms with Crippen molar-refractivity contribution in [3.63, 3.8) is 0 Å². The zero-order chi connectivity index (χ0) is 15.5. The number of nitrogens with zero attached hydrogens (tertiary/aromatic N) is 3. The Morgan fingerprint density at radius 1 is 1.41 bits per heavy atom. The summed E-state index contributed by atoms with van der Waals surface area (Å²) < 4.78 is 12.4. The molecular weight excluding hydrogens is 302 g/mol. The number of hydrogen-bond donors (Lipinski definition) is 1. The Morgan fingerprint density at radius 2 is 2.18 bits per heavy atom. The maximum atomic E-state index is 9.73. The van der Waals surface area contributed by atoms with Gasteiger partial charge in [-0.1, -0.05) is 0 Å². The second kappa shape index (κ2) is 6.60. The quantitative estimate of drug-likeness (QED) is 0.872. The molecule has 0 radical (unpaired) electrons. The van der Waals surface area contributed by atoms with Crippen LogP contribution in [0.25, 0.3) is 11.5 Å². The first-order chi connectivity index (χ1) is 10.7. The molecule has 0 spiro atoms. The minimum atomic E-state index is -0.268. The lowest BCUT2D eigenvalue weighted by molar-refractivity contribution is 0.0509. The van der Waals surface area contributed by atoms with Crippen LogP contribution >= 0.6 is 12.2 Å². The number of benzene rings is 1. The van der Waals surface area contributed by atoms with E-state index >= 15 is 0 Å². The van der Waals surface area contributed by atoms with E-state index in [1.807, 2.05) is 24.3 Å². The molecule has 1 aromatic heterocycles. The van der Waals surface area contributed by atoms with Crippen molar-refractivity contribution in [3.05, 3.63) is 29.1 Å². The molecule has 22 heavy (non-hydrogen) atoms. The first kappa shape index (κ1) is 15.2. The lowest BCUT2D eigenvalue weighted by Crippen LogP contribution is -2.39. The van der Waals surface area contributed by atoms with Gasteiger partial charge in [-0.25, -0.2) is 4.68 Å². The Bertz CT molecular complexity index is 680. The zero-order valence-electron chi connectivity index (χ0n) is 12.4. The maximum Gasteiger partial charge on any atom is 0.288 e. The fourth-order valence-corrected chi connectivity index (χ4v) is 2.77. The molecular formula is C15H19N3O3S. The molecule has 3 rings (SSSR count). The molecule has 1 fully saturated rings. The third kappa shape index (κ3) is 3.37. The van der Waals surface area contributed by atoms with Gasteiger partial charge in [0.1, 0.15) is 5.75 Å². The minimum Gasteiger partial charge on any atom is -0.497 e. The number of β-amino-alcohol motifs (C(OH)–C–C–N with tert-alkyl or cyclic N) is 1. The fraction of sp³-hybridized carbons (Fsp3) is 0.467. The molecule has 1 N–H and O–H groups in total. The molecule has 0 bridgehead atoms. The summed E-state index contributed by atoms with van der Waals surface area (Å²) in [6, 6.07) is 7.48. The maximum absolute atomic E-state index is 9.73. The van der Waals surface area contributed by atoms with E-state index in [2.05, 4.69) is 10.00 Å². The number of piperidine rings is 1. The number of aromatic nitrogens is 2. The number of hydrogen-bond acceptors (Lipinski definition) is 6. The van der Waals surface area contributed by atoms with Crippen molar-refractivity contribution in [3.8, 4) is 17.2 Å². The molecule has 0 unspecified atom stereocenters. The van der Waals surface area contributed by atoms with Crippen molar-refractivity contribution in [1.82, 2.24) is 14.7 Å². The summed E-state index contributed by atoms with van der Waals surface area (Å²) in [6.45, 7) is 2.12. The van der Waals surface area contributed by atoms with E-state index < -0.39 is 0 Å². The topological polar surface area (TPSA) is 63.7 Å². The summed E-state index contributed by atoms with van der Waals surface area (Å²) >= 11 is 5.24. The van der Waals surface area contributed by atoms with Crippen LogP contribution in [0.5, 0.6) is 5.75 Å². The van der Waals surface area contributed by atoms with Crippen molar-refractivity contribution in [1.29, 1.82) is 0 Å². The van der Waals surface area contributed by atoms with Crippen molar-refractivity contribution in [2.45, 2.75) is 25.6 Å². The van der Waals surface area contributed by atoms with Crippen LogP contribution in [-0.4, -0.2) is 46.1 Å². The molecule has 0 aliphatic carbocycles. The summed E-state index contributed by atoms with van der Waals surface area (Å²) in [5, 5.41) is 14.2. The molecule has 0 amide bonds. The predicted octanol–water partition coefficient (Wildman–Crippen LogP) is 2.30. The van der Waals surface area contributed by atoms with Gasteiger partial charge in [0, 0.05) is 18.7 Å². The molecule has 118 valence electrons. The van der Waals surface area contributed by atoms with Crippen molar-refractivity contribution >= 4 is 12.2 Å². The Hall–Kier alpha value is -1.70. The van der Waals surface area contributed by atoms with Gasteiger partial charge in [-0.15, -0.1) is 5.10 Å². The number of rotatable bonds is 4. The molecule has 1 aliphatic heterocycles. The molecule has 6 nitrogen and oxygen atoms in total. The van der Waals surface area contributed by atoms with Gasteiger partial charge in [0.15, 0.2) is 0 Å². The van der Waals surface area contributed by atoms with Crippen molar-refractivity contribution < 1.29 is 14.3 Å². The van der Waals surface area contributed by atoms with Gasteiger partial charge in [-0.3, -0.25) is 4.90 Å². The summed E-state index contributed by atoms with van der Waals surface area (Å²) in [4.78, 5) is 2.47. The normalized spacial score (nSPS) is 19.3. The molecule has 2 aromatic rings. The number of likely N-dealkylation sites (tertiary alicyclic amines) is 1. The van der Waals surface area contributed by atoms with E-state index in [0.717, 1.165) is 30.7 Å². The highest BCUT2D eigenvalue weighted by atomic mass is 32.1. The van der Waals surface area contributed by atoms with Gasteiger partial charge in [0.2, 0.25) is 5.89 Å². The van der Waals surface area contributed by atoms with E-state index in [9.17, 15) is 5.11 Å². The van der Waals surface area contributed by atoms with Crippen LogP contribution < -0.4 is 4.74 Å². The van der Waals surface area contributed by atoms with E-state index in [0.29, 0.717) is 23.9 Å². The zero-order valence-corrected chi connectivity index (χ0v) is 13.3. The highest BCUT2D eigenvalue weighted by molar-refractivity contribution is 7.71. The van der Waals surface area contributed by atoms with Crippen LogP contribution in [0.3, 0.4) is 0 Å². The summed E-state index contributed by atoms with van der Waals surface area (Å²) in [5.41, 5.74) is 0.851. The van der Waals surface area contributed by atoms with Gasteiger partial charge in [0.25, 0.3) is 4.84 Å². The van der Waals surface area contributed by atoms with Gasteiger partial charge < -0.3 is 14.3 Å². The lowest BCUT2D eigenvalue weighted by Gasteiger charge is -2.29. The lowest BCUT2D eigenvalue weighted by atomic mass is 10.1. The molecule has 7 heteroatoms. The molecule has 1 aliphatic rings. The number of aliphatic hydroxyl groups is 1. The highest BCUT2D eigenvalue weighted by Gasteiger charge is 2.19. The predicted molar refractivity (Wildman–Crippen MR) is 84.1 cm³/mol. The number of ether oxygens (including phenoxy) is 1. The van der Waals surface area contributed by atoms with E-state index in [-0.39, 0.29) is 6.10 Å². The first-order valence-electron chi connectivity index (χ1n) is 7.28. The van der Waals surface area contributed by atoms with E-state index in [1.54, 1.807) is 11.8 Å². The van der Waals surface area contributed by atoms with Gasteiger partial charge in [0.05, 0.1) is 19.9 Å². The SMILES string of the molecule is COc1ccc(-c2nn(CN3CCC[C@@H](O)C3)c(=S)o2)cc1. The Morgan fingerprint density at radius 3 is 2.86 bits per heavy atom. The Kier molecular flexibility index (Phi) is 4.56. The minimum absolute atomic E-state index is 0.268. The van der Waals surface area contributed by atoms with Gasteiger partial charge in [-0.05, 0) is 49.3 Å². The Balaban J connectivity index is 1.76. The molecule has 0 saturated carbocycles. The van der Waals surface area contributed by atoms with Gasteiger partial charge >= 0.3 is 0 Å². The van der Waals surface area contributed by atoms with E-state index in [4.69, 9.17) is 21.4 Å². The van der Waals surface area contributed by atoms with Crippen LogP contribution in [0.4, 0.5) is 0 Å². The van der Waals surface area contributed by atoms with E-state index in [1.165, 1.54) is 0 Å². The molecule has 2 heterocycles.